The second-order valence-electron chi connectivity index (χ2n) is 9.30. The topological polar surface area (TPSA) is 83.1 Å². The molecule has 0 radical (unpaired) electrons. The summed E-state index contributed by atoms with van der Waals surface area (Å²) in [6, 6.07) is 11.7. The highest BCUT2D eigenvalue weighted by Gasteiger charge is 2.32. The fraction of sp³-hybridized carbons (Fsp3) is 0.440. The van der Waals surface area contributed by atoms with E-state index >= 15 is 0 Å². The van der Waals surface area contributed by atoms with Gasteiger partial charge in [-0.1, -0.05) is 29.0 Å². The first kappa shape index (κ1) is 29.8. The first-order valence-corrected chi connectivity index (χ1v) is 14.5. The molecule has 2 atom stereocenters. The van der Waals surface area contributed by atoms with Gasteiger partial charge < -0.3 is 9.64 Å². The number of ether oxygens (including phenoxy) is 1. The van der Waals surface area contributed by atoms with Crippen LogP contribution >= 0.6 is 35.3 Å². The molecule has 2 unspecified atom stereocenters. The summed E-state index contributed by atoms with van der Waals surface area (Å²) in [6.45, 7) is 5.60. The Labute approximate surface area is 233 Å². The van der Waals surface area contributed by atoms with Gasteiger partial charge in [0.1, 0.15) is 5.52 Å². The van der Waals surface area contributed by atoms with Crippen LogP contribution in [0.2, 0.25) is 5.02 Å². The van der Waals surface area contributed by atoms with Crippen LogP contribution in [0.4, 0.5) is 5.13 Å². The van der Waals surface area contributed by atoms with E-state index in [0.29, 0.717) is 40.9 Å². The van der Waals surface area contributed by atoms with Gasteiger partial charge in [0.05, 0.1) is 26.8 Å². The fourth-order valence-electron chi connectivity index (χ4n) is 4.25. The number of para-hydroxylation sites is 1. The van der Waals surface area contributed by atoms with Crippen molar-refractivity contribution >= 4 is 66.6 Å². The largest absolute Gasteiger partial charge is 0.373 e. The fourth-order valence-corrected chi connectivity index (χ4v) is 7.13. The lowest BCUT2D eigenvalue weighted by atomic mass is 10.2. The normalized spacial score (nSPS) is 18.6. The molecular weight excluding hydrogens is 555 g/mol. The van der Waals surface area contributed by atoms with Gasteiger partial charge in [-0.15, -0.1) is 12.4 Å². The number of thiazole rings is 1. The zero-order valence-corrected chi connectivity index (χ0v) is 24.5. The number of rotatable bonds is 8. The molecule has 2 heterocycles. The Kier molecular flexibility index (Phi) is 9.96. The minimum Gasteiger partial charge on any atom is -0.373 e. The first-order valence-electron chi connectivity index (χ1n) is 11.8. The highest BCUT2D eigenvalue weighted by atomic mass is 35.5. The lowest BCUT2D eigenvalue weighted by molar-refractivity contribution is -0.0440. The molecule has 8 nitrogen and oxygen atoms in total. The number of hydrogen-bond acceptors (Lipinski definition) is 7. The lowest BCUT2D eigenvalue weighted by Crippen LogP contribution is -2.48. The predicted molar refractivity (Wildman–Crippen MR) is 152 cm³/mol. The van der Waals surface area contributed by atoms with Gasteiger partial charge in [-0.3, -0.25) is 9.69 Å². The Balaban J connectivity index is 0.00000380. The number of sulfonamides is 1. The molecule has 1 aliphatic rings. The molecule has 0 N–H and O–H groups in total. The number of hydrogen-bond donors (Lipinski definition) is 0. The minimum absolute atomic E-state index is 0. The highest BCUT2D eigenvalue weighted by Crippen LogP contribution is 2.33. The molecule has 0 spiro atoms. The molecule has 1 fully saturated rings. The van der Waals surface area contributed by atoms with Crippen molar-refractivity contribution in [1.82, 2.24) is 14.2 Å². The van der Waals surface area contributed by atoms with E-state index in [9.17, 15) is 13.2 Å². The predicted octanol–water partition coefficient (Wildman–Crippen LogP) is 4.77. The Morgan fingerprint density at radius 1 is 1.11 bits per heavy atom. The molecule has 4 rings (SSSR count). The van der Waals surface area contributed by atoms with E-state index in [0.717, 1.165) is 17.7 Å². The van der Waals surface area contributed by atoms with Crippen molar-refractivity contribution in [1.29, 1.82) is 0 Å². The van der Waals surface area contributed by atoms with Crippen LogP contribution in [0.5, 0.6) is 0 Å². The Bertz CT molecular complexity index is 1320. The van der Waals surface area contributed by atoms with Gasteiger partial charge in [-0.2, -0.15) is 4.31 Å². The average Bonchev–Trinajstić information content (AvgIpc) is 3.26. The van der Waals surface area contributed by atoms with Gasteiger partial charge in [0.15, 0.2) is 5.13 Å². The molecule has 3 aromatic rings. The number of aromatic nitrogens is 1. The summed E-state index contributed by atoms with van der Waals surface area (Å²) in [5.41, 5.74) is 1.06. The van der Waals surface area contributed by atoms with E-state index < -0.39 is 10.0 Å². The summed E-state index contributed by atoms with van der Waals surface area (Å²) < 4.78 is 34.4. The van der Waals surface area contributed by atoms with Crippen LogP contribution in [0.1, 0.15) is 30.6 Å². The van der Waals surface area contributed by atoms with Gasteiger partial charge in [-0.05, 0) is 77.3 Å². The first-order chi connectivity index (χ1) is 17.1. The van der Waals surface area contributed by atoms with Crippen LogP contribution in [0.25, 0.3) is 10.2 Å². The molecule has 12 heteroatoms. The maximum absolute atomic E-state index is 13.6. The molecule has 37 heavy (non-hydrogen) atoms. The number of carbonyl (C=O) groups excluding carboxylic acids is 1. The molecule has 1 saturated heterocycles. The average molecular weight is 588 g/mol. The maximum Gasteiger partial charge on any atom is 0.260 e. The lowest BCUT2D eigenvalue weighted by Gasteiger charge is -2.34. The van der Waals surface area contributed by atoms with Gasteiger partial charge in [0.25, 0.3) is 5.91 Å². The van der Waals surface area contributed by atoms with Crippen LogP contribution in [0.3, 0.4) is 0 Å². The van der Waals surface area contributed by atoms with E-state index in [2.05, 4.69) is 9.88 Å². The van der Waals surface area contributed by atoms with Gasteiger partial charge in [0, 0.05) is 25.2 Å². The standard InChI is InChI=1S/C25H31ClN4O4S2.ClH/c1-17-15-29(16-18(2)34-17)36(32,33)20-11-9-19(10-12-20)24(31)30(14-6-13-28(3)4)25-27-23-21(26)7-5-8-22(23)35-25;/h5,7-12,17-18H,6,13-16H2,1-4H3;1H. The Hall–Kier alpha value is -1.79. The second-order valence-corrected chi connectivity index (χ2v) is 12.7. The van der Waals surface area contributed by atoms with Gasteiger partial charge in [0.2, 0.25) is 10.0 Å². The van der Waals surface area contributed by atoms with Crippen molar-refractivity contribution < 1.29 is 17.9 Å². The van der Waals surface area contributed by atoms with Crippen molar-refractivity contribution in [2.45, 2.75) is 37.4 Å². The molecular formula is C25H32Cl2N4O4S2. The summed E-state index contributed by atoms with van der Waals surface area (Å²) in [7, 11) is 0.279. The second kappa shape index (κ2) is 12.4. The van der Waals surface area contributed by atoms with E-state index in [1.54, 1.807) is 23.1 Å². The van der Waals surface area contributed by atoms with Crippen LogP contribution < -0.4 is 4.90 Å². The number of anilines is 1. The number of morpholine rings is 1. The molecule has 1 amide bonds. The molecule has 202 valence electrons. The number of amides is 1. The van der Waals surface area contributed by atoms with E-state index in [-0.39, 0.29) is 35.4 Å². The van der Waals surface area contributed by atoms with Crippen molar-refractivity contribution in [2.24, 2.45) is 0 Å². The van der Waals surface area contributed by atoms with Crippen molar-refractivity contribution in [2.75, 3.05) is 45.2 Å². The third kappa shape index (κ3) is 6.81. The van der Waals surface area contributed by atoms with Crippen LogP contribution in [-0.2, 0) is 14.8 Å². The molecule has 0 saturated carbocycles. The Morgan fingerprint density at radius 2 is 1.76 bits per heavy atom. The van der Waals surface area contributed by atoms with E-state index in [1.165, 1.54) is 27.8 Å². The molecule has 1 aliphatic heterocycles. The molecule has 2 aromatic carbocycles. The number of halogens is 2. The van der Waals surface area contributed by atoms with Crippen molar-refractivity contribution in [3.05, 3.63) is 53.1 Å². The summed E-state index contributed by atoms with van der Waals surface area (Å²) in [5.74, 6) is -0.235. The summed E-state index contributed by atoms with van der Waals surface area (Å²) in [6.07, 6.45) is 0.396. The van der Waals surface area contributed by atoms with Gasteiger partial charge in [-0.25, -0.2) is 13.4 Å². The third-order valence-corrected chi connectivity index (χ3v) is 9.14. The van der Waals surface area contributed by atoms with E-state index in [1.807, 2.05) is 40.1 Å². The van der Waals surface area contributed by atoms with Crippen molar-refractivity contribution in [3.8, 4) is 0 Å². The molecule has 1 aromatic heterocycles. The minimum atomic E-state index is -3.69. The summed E-state index contributed by atoms with van der Waals surface area (Å²) in [5, 5.41) is 1.10. The molecule has 0 bridgehead atoms. The summed E-state index contributed by atoms with van der Waals surface area (Å²) >= 11 is 7.73. The zero-order chi connectivity index (χ0) is 26.0. The smallest absolute Gasteiger partial charge is 0.260 e. The number of benzene rings is 2. The SMILES string of the molecule is CC1CN(S(=O)(=O)c2ccc(C(=O)N(CCCN(C)C)c3nc4c(Cl)cccc4s3)cc2)CC(C)O1.Cl. The number of carbonyl (C=O) groups is 1. The Morgan fingerprint density at radius 3 is 2.35 bits per heavy atom. The van der Waals surface area contributed by atoms with Gasteiger partial charge >= 0.3 is 0 Å². The summed E-state index contributed by atoms with van der Waals surface area (Å²) in [4.78, 5) is 22.1. The zero-order valence-electron chi connectivity index (χ0n) is 21.3. The number of fused-ring (bicyclic) bond motifs is 1. The van der Waals surface area contributed by atoms with Crippen LogP contribution in [0, 0.1) is 0 Å². The third-order valence-electron chi connectivity index (χ3n) is 5.95. The maximum atomic E-state index is 13.6. The quantitative estimate of drug-likeness (QED) is 0.378. The van der Waals surface area contributed by atoms with Crippen molar-refractivity contribution in [3.63, 3.8) is 0 Å². The van der Waals surface area contributed by atoms with Crippen LogP contribution in [0.15, 0.2) is 47.4 Å². The van der Waals surface area contributed by atoms with Crippen LogP contribution in [-0.4, -0.2) is 81.0 Å². The highest BCUT2D eigenvalue weighted by molar-refractivity contribution is 7.89. The monoisotopic (exact) mass is 586 g/mol. The molecule has 0 aliphatic carbocycles. The number of nitrogens with zero attached hydrogens (tertiary/aromatic N) is 4. The van der Waals surface area contributed by atoms with E-state index in [4.69, 9.17) is 16.3 Å².